The number of esters is 1. The third-order valence-electron chi connectivity index (χ3n) is 4.89. The molecular formula is C25H16F5O2S+. The molecule has 0 spiro atoms. The van der Waals surface area contributed by atoms with Gasteiger partial charge in [-0.15, -0.1) is 0 Å². The highest BCUT2D eigenvalue weighted by atomic mass is 32.2. The molecule has 0 aliphatic heterocycles. The normalized spacial score (nSPS) is 15.5. The fraction of sp³-hybridized carbons (Fsp3) is 0.0800. The highest BCUT2D eigenvalue weighted by Crippen LogP contribution is 2.33. The molecule has 8 heteroatoms. The predicted octanol–water partition coefficient (Wildman–Crippen LogP) is 6.49. The molecule has 33 heavy (non-hydrogen) atoms. The van der Waals surface area contributed by atoms with E-state index >= 15 is 0 Å². The zero-order valence-electron chi connectivity index (χ0n) is 16.9. The van der Waals surface area contributed by atoms with Gasteiger partial charge < -0.3 is 4.74 Å². The van der Waals surface area contributed by atoms with Gasteiger partial charge in [0, 0.05) is 6.42 Å². The molecule has 0 fully saturated rings. The molecule has 0 aromatic heterocycles. The van der Waals surface area contributed by atoms with E-state index in [2.05, 4.69) is 0 Å². The molecule has 2 nitrogen and oxygen atoms in total. The quantitative estimate of drug-likeness (QED) is 0.139. The molecule has 0 saturated carbocycles. The molecule has 168 valence electrons. The van der Waals surface area contributed by atoms with Crippen molar-refractivity contribution in [3.63, 3.8) is 0 Å². The first kappa shape index (κ1) is 22.8. The fourth-order valence-corrected chi connectivity index (χ4v) is 5.47. The van der Waals surface area contributed by atoms with Crippen molar-refractivity contribution in [3.8, 4) is 0 Å². The number of carbonyl (C=O) groups excluding carboxylic acids is 1. The molecule has 0 N–H and O–H groups in total. The van der Waals surface area contributed by atoms with Crippen LogP contribution in [0, 0.1) is 29.1 Å². The summed E-state index contributed by atoms with van der Waals surface area (Å²) in [5, 5.41) is 0. The van der Waals surface area contributed by atoms with Crippen molar-refractivity contribution in [1.82, 2.24) is 0 Å². The highest BCUT2D eigenvalue weighted by Gasteiger charge is 2.34. The van der Waals surface area contributed by atoms with Gasteiger partial charge in [0.25, 0.3) is 0 Å². The van der Waals surface area contributed by atoms with Gasteiger partial charge in [-0.25, -0.2) is 26.7 Å². The van der Waals surface area contributed by atoms with E-state index in [1.54, 1.807) is 6.08 Å². The summed E-state index contributed by atoms with van der Waals surface area (Å²) >= 11 is 0. The van der Waals surface area contributed by atoms with Crippen LogP contribution < -0.4 is 0 Å². The number of halogens is 5. The van der Waals surface area contributed by atoms with Gasteiger partial charge in [-0.05, 0) is 42.5 Å². The molecule has 0 saturated heterocycles. The van der Waals surface area contributed by atoms with Crippen LogP contribution in [0.25, 0.3) is 0 Å². The first-order valence-electron chi connectivity index (χ1n) is 9.83. The van der Waals surface area contributed by atoms with Crippen LogP contribution in [0.4, 0.5) is 22.0 Å². The van der Waals surface area contributed by atoms with Gasteiger partial charge >= 0.3 is 5.97 Å². The second kappa shape index (κ2) is 9.62. The molecule has 0 heterocycles. The standard InChI is InChI=1S/C25H16F5O2S/c26-20-19(21(27)23(29)24(30)22(20)28)25(31)32-15-11-13-18(14-12-15)33(16-7-3-1-4-8-16)17-9-5-2-6-10-17/h1-11,13-15H,12H2/q+1. The molecular weight excluding hydrogens is 459 g/mol. The lowest BCUT2D eigenvalue weighted by Crippen LogP contribution is -2.22. The topological polar surface area (TPSA) is 26.3 Å². The van der Waals surface area contributed by atoms with E-state index in [0.29, 0.717) is 0 Å². The highest BCUT2D eigenvalue weighted by molar-refractivity contribution is 8.00. The fourth-order valence-electron chi connectivity index (χ4n) is 3.32. The van der Waals surface area contributed by atoms with Crippen LogP contribution in [0.1, 0.15) is 16.8 Å². The minimum absolute atomic E-state index is 0.177. The van der Waals surface area contributed by atoms with Crippen LogP contribution in [0.5, 0.6) is 0 Å². The smallest absolute Gasteiger partial charge is 0.344 e. The average Bonchev–Trinajstić information content (AvgIpc) is 2.84. The van der Waals surface area contributed by atoms with Crippen molar-refractivity contribution in [2.45, 2.75) is 22.3 Å². The summed E-state index contributed by atoms with van der Waals surface area (Å²) in [6.45, 7) is 0. The summed E-state index contributed by atoms with van der Waals surface area (Å²) in [7, 11) is -0.444. The Morgan fingerprint density at radius 3 is 1.70 bits per heavy atom. The Labute approximate surface area is 189 Å². The zero-order chi connectivity index (χ0) is 23.5. The minimum Gasteiger partial charge on any atom is -0.454 e. The number of ether oxygens (including phenoxy) is 1. The van der Waals surface area contributed by atoms with Gasteiger partial charge in [-0.3, -0.25) is 0 Å². The molecule has 1 aliphatic rings. The summed E-state index contributed by atoms with van der Waals surface area (Å²) in [5.74, 6) is -12.8. The van der Waals surface area contributed by atoms with Crippen molar-refractivity contribution < 1.29 is 31.5 Å². The second-order valence-electron chi connectivity index (χ2n) is 7.02. The maximum atomic E-state index is 13.9. The maximum Gasteiger partial charge on any atom is 0.344 e. The van der Waals surface area contributed by atoms with E-state index in [1.165, 1.54) is 6.08 Å². The molecule has 3 aromatic carbocycles. The number of carbonyl (C=O) groups is 1. The maximum absolute atomic E-state index is 13.9. The number of allylic oxidation sites excluding steroid dienone is 1. The molecule has 4 rings (SSSR count). The van der Waals surface area contributed by atoms with Gasteiger partial charge in [0.2, 0.25) is 5.82 Å². The second-order valence-corrected chi connectivity index (χ2v) is 9.05. The lowest BCUT2D eigenvalue weighted by atomic mass is 10.1. The van der Waals surface area contributed by atoms with Crippen LogP contribution in [-0.2, 0) is 15.6 Å². The van der Waals surface area contributed by atoms with Gasteiger partial charge in [0.1, 0.15) is 11.7 Å². The van der Waals surface area contributed by atoms with E-state index < -0.39 is 57.6 Å². The zero-order valence-corrected chi connectivity index (χ0v) is 17.7. The molecule has 0 radical (unpaired) electrons. The Morgan fingerprint density at radius 1 is 0.758 bits per heavy atom. The lowest BCUT2D eigenvalue weighted by molar-refractivity contribution is 0.0383. The first-order chi connectivity index (χ1) is 15.9. The average molecular weight is 475 g/mol. The van der Waals surface area contributed by atoms with Crippen molar-refractivity contribution in [1.29, 1.82) is 0 Å². The minimum atomic E-state index is -2.33. The summed E-state index contributed by atoms with van der Waals surface area (Å²) in [4.78, 5) is 15.3. The molecule has 3 aromatic rings. The van der Waals surface area contributed by atoms with Gasteiger partial charge in [-0.2, -0.15) is 0 Å². The number of benzene rings is 3. The van der Waals surface area contributed by atoms with Crippen LogP contribution in [0.2, 0.25) is 0 Å². The van der Waals surface area contributed by atoms with Crippen molar-refractivity contribution in [2.75, 3.05) is 0 Å². The van der Waals surface area contributed by atoms with E-state index in [0.717, 1.165) is 14.7 Å². The van der Waals surface area contributed by atoms with E-state index in [-0.39, 0.29) is 6.42 Å². The summed E-state index contributed by atoms with van der Waals surface area (Å²) < 4.78 is 72.9. The Kier molecular flexibility index (Phi) is 6.65. The molecule has 1 atom stereocenters. The predicted molar refractivity (Wildman–Crippen MR) is 114 cm³/mol. The largest absolute Gasteiger partial charge is 0.454 e. The number of hydrogen-bond donors (Lipinski definition) is 0. The lowest BCUT2D eigenvalue weighted by Gasteiger charge is -2.18. The Bertz CT molecular complexity index is 1170. The van der Waals surface area contributed by atoms with Gasteiger partial charge in [0.15, 0.2) is 38.0 Å². The van der Waals surface area contributed by atoms with Gasteiger partial charge in [0.05, 0.1) is 10.9 Å². The molecule has 1 aliphatic carbocycles. The Hall–Kier alpha value is -3.39. The van der Waals surface area contributed by atoms with Crippen LogP contribution in [0.3, 0.4) is 0 Å². The van der Waals surface area contributed by atoms with E-state index in [4.69, 9.17) is 4.74 Å². The molecule has 0 bridgehead atoms. The van der Waals surface area contributed by atoms with E-state index in [1.807, 2.05) is 66.7 Å². The molecule has 1 unspecified atom stereocenters. The third-order valence-corrected chi connectivity index (χ3v) is 7.15. The van der Waals surface area contributed by atoms with Crippen LogP contribution in [0.15, 0.2) is 93.6 Å². The first-order valence-corrected chi connectivity index (χ1v) is 11.1. The van der Waals surface area contributed by atoms with Crippen molar-refractivity contribution >= 4 is 16.9 Å². The van der Waals surface area contributed by atoms with Crippen LogP contribution in [-0.4, -0.2) is 12.1 Å². The summed E-state index contributed by atoms with van der Waals surface area (Å²) in [6.07, 6.45) is 4.36. The number of rotatable bonds is 5. The summed E-state index contributed by atoms with van der Waals surface area (Å²) in [5.41, 5.74) is -1.61. The van der Waals surface area contributed by atoms with Crippen molar-refractivity contribution in [2.24, 2.45) is 0 Å². The Morgan fingerprint density at radius 2 is 1.24 bits per heavy atom. The van der Waals surface area contributed by atoms with Crippen molar-refractivity contribution in [3.05, 3.63) is 118 Å². The van der Waals surface area contributed by atoms with Crippen LogP contribution >= 0.6 is 0 Å². The molecule has 0 amide bonds. The van der Waals surface area contributed by atoms with E-state index in [9.17, 15) is 26.7 Å². The monoisotopic (exact) mass is 475 g/mol. The number of hydrogen-bond acceptors (Lipinski definition) is 2. The summed E-state index contributed by atoms with van der Waals surface area (Å²) in [6, 6.07) is 19.5. The SMILES string of the molecule is O=C(OC1C=CC([S+](c2ccccc2)c2ccccc2)=CC1)c1c(F)c(F)c(F)c(F)c1F. The van der Waals surface area contributed by atoms with Gasteiger partial charge in [-0.1, -0.05) is 36.4 Å². The third kappa shape index (κ3) is 4.57. The Balaban J connectivity index is 1.56.